The average Bonchev–Trinajstić information content (AvgIpc) is 2.35. The monoisotopic (exact) mass is 1350 g/mol. The third-order valence-corrected chi connectivity index (χ3v) is 17.2. The van der Waals surface area contributed by atoms with Gasteiger partial charge in [0, 0.05) is 63.2 Å². The first-order chi connectivity index (χ1) is 42.5. The van der Waals surface area contributed by atoms with Gasteiger partial charge in [-0.05, 0) is 53.1 Å². The fourth-order valence-electron chi connectivity index (χ4n) is 9.41. The number of nitrogens with zero attached hydrogens (tertiary/aromatic N) is 12. The van der Waals surface area contributed by atoms with E-state index in [-0.39, 0.29) is 109 Å². The van der Waals surface area contributed by atoms with Crippen LogP contribution in [0, 0.1) is 34.9 Å². The van der Waals surface area contributed by atoms with Gasteiger partial charge in [-0.1, -0.05) is 68.8 Å². The highest BCUT2D eigenvalue weighted by molar-refractivity contribution is 7.18. The highest BCUT2D eigenvalue weighted by Crippen LogP contribution is 2.38. The van der Waals surface area contributed by atoms with Crippen LogP contribution >= 0.6 is 68.8 Å². The highest BCUT2D eigenvalue weighted by Gasteiger charge is 2.43. The van der Waals surface area contributed by atoms with E-state index in [1.165, 1.54) is 98.9 Å². The Morgan fingerprint density at radius 1 is 0.494 bits per heavy atom. The van der Waals surface area contributed by atoms with Crippen molar-refractivity contribution >= 4 is 123 Å². The zero-order valence-electron chi connectivity index (χ0n) is 45.8. The molecule has 0 spiro atoms. The molecule has 9 heterocycles. The second-order valence-electron chi connectivity index (χ2n) is 19.8. The standard InChI is InChI=1S/C18H16ClF2N5O3S.C18H15ClF2N4O4S.C17H13ClF2N4O4S/c1-22-16(27)14-15(19)30-17(24-14)29-12-7-25(8-12)18(28)26-13(2-3-23-26)9-4-10(20)6-11(21)5-9;1-28-16(26)14-15(19)30-17(23-14)29-12-7-24(8-12)18(27)25-13(2-3-22-25)9-4-10(20)6-11(21)5-9;18-14-13(15(25)26)22-16(29-14)28-11-6-23(7-11)17(27)24-12(1-2-21-24)8-3-9(19)5-10(20)4-8/h3-6,12-13H,2,7-8H2,1H3,(H,22,27);3-6,12-13H,2,7-8H2,1H3;2-5,11-12H,1,6-7H2,(H,25,26)/t2*13-;12-/m000/s1. The number of amides is 7. The van der Waals surface area contributed by atoms with Gasteiger partial charge in [-0.2, -0.15) is 30.3 Å². The van der Waals surface area contributed by atoms with Crippen molar-refractivity contribution in [2.75, 3.05) is 53.4 Å². The van der Waals surface area contributed by atoms with Crippen LogP contribution in [-0.2, 0) is 4.74 Å². The van der Waals surface area contributed by atoms with Crippen LogP contribution in [0.5, 0.6) is 15.6 Å². The van der Waals surface area contributed by atoms with Gasteiger partial charge in [0.2, 0.25) is 0 Å². The number of carboxylic acids is 1. The third kappa shape index (κ3) is 14.5. The van der Waals surface area contributed by atoms with Crippen molar-refractivity contribution in [3.8, 4) is 15.6 Å². The highest BCUT2D eigenvalue weighted by atomic mass is 35.5. The number of hydrogen-bond donors (Lipinski definition) is 2. The van der Waals surface area contributed by atoms with Crippen molar-refractivity contribution in [3.63, 3.8) is 0 Å². The molecule has 3 atom stereocenters. The molecule has 3 fully saturated rings. The lowest BCUT2D eigenvalue weighted by molar-refractivity contribution is 0.0273. The molecule has 12 rings (SSSR count). The molecular formula is C53H44Cl3F6N13O11S3. The minimum absolute atomic E-state index is 0.0105. The molecule has 0 bridgehead atoms. The molecule has 36 heteroatoms. The number of hydrogen-bond acceptors (Lipinski definition) is 19. The number of halogens is 9. The Morgan fingerprint density at radius 2 is 0.787 bits per heavy atom. The summed E-state index contributed by atoms with van der Waals surface area (Å²) in [5, 5.41) is 27.7. The molecule has 3 aromatic carbocycles. The summed E-state index contributed by atoms with van der Waals surface area (Å²) in [5.74, 6) is -6.62. The Kier molecular flexibility index (Phi) is 19.4. The topological polar surface area (TPSA) is 267 Å². The number of urea groups is 3. The third-order valence-electron chi connectivity index (χ3n) is 13.8. The van der Waals surface area contributed by atoms with Gasteiger partial charge in [-0.3, -0.25) is 4.79 Å². The molecule has 3 aromatic heterocycles. The van der Waals surface area contributed by atoms with Crippen LogP contribution < -0.4 is 19.5 Å². The minimum Gasteiger partial charge on any atom is -0.476 e. The molecular weight excluding hydrogens is 1310 g/mol. The Morgan fingerprint density at radius 3 is 1.08 bits per heavy atom. The van der Waals surface area contributed by atoms with Gasteiger partial charge in [0.1, 0.15) is 66.2 Å². The SMILES string of the molecule is CNC(=O)c1nc(OC2CN(C(=O)N3N=CC[C@H]3c3cc(F)cc(F)c3)C2)sc1Cl.COC(=O)c1nc(OC2CN(C(=O)N3N=CC[C@H]3c3cc(F)cc(F)c3)C2)sc1Cl.O=C(O)c1nc(OC2CN(C(=O)N3N=CC[C@H]3c3cc(F)cc(F)c3)C2)sc1Cl. The van der Waals surface area contributed by atoms with Gasteiger partial charge < -0.3 is 44.1 Å². The molecule has 6 aliphatic heterocycles. The van der Waals surface area contributed by atoms with Gasteiger partial charge in [0.15, 0.2) is 17.1 Å². The minimum atomic E-state index is -1.25. The zero-order chi connectivity index (χ0) is 63.5. The zero-order valence-corrected chi connectivity index (χ0v) is 50.5. The number of carboxylic acid groups (broad SMARTS) is 1. The maximum absolute atomic E-state index is 13.6. The van der Waals surface area contributed by atoms with Crippen molar-refractivity contribution in [2.45, 2.75) is 55.7 Å². The number of carbonyl (C=O) groups excluding carboxylic acids is 5. The van der Waals surface area contributed by atoms with E-state index in [2.05, 4.69) is 40.3 Å². The number of methoxy groups -OCH3 is 1. The molecule has 7 amide bonds. The summed E-state index contributed by atoms with van der Waals surface area (Å²) in [5.41, 5.74) is 0.770. The molecule has 89 heavy (non-hydrogen) atoms. The lowest BCUT2D eigenvalue weighted by Gasteiger charge is -2.40. The number of likely N-dealkylation sites (tertiary alicyclic amines) is 3. The molecule has 0 saturated carbocycles. The van der Waals surface area contributed by atoms with E-state index in [1.54, 1.807) is 0 Å². The van der Waals surface area contributed by atoms with Crippen LogP contribution in [0.4, 0.5) is 40.7 Å². The number of hydrazone groups is 3. The number of esters is 1. The molecule has 0 radical (unpaired) electrons. The largest absolute Gasteiger partial charge is 0.476 e. The quantitative estimate of drug-likeness (QED) is 0.0853. The first kappa shape index (κ1) is 63.6. The van der Waals surface area contributed by atoms with Crippen LogP contribution in [0.15, 0.2) is 69.9 Å². The van der Waals surface area contributed by atoms with Gasteiger partial charge in [0.25, 0.3) is 21.5 Å². The van der Waals surface area contributed by atoms with Crippen molar-refractivity contribution in [1.29, 1.82) is 0 Å². The van der Waals surface area contributed by atoms with Crippen LogP contribution in [-0.4, -0.2) is 176 Å². The number of thiazole rings is 3. The molecule has 468 valence electrons. The van der Waals surface area contributed by atoms with Gasteiger partial charge in [-0.25, -0.2) is 65.3 Å². The van der Waals surface area contributed by atoms with E-state index in [0.717, 1.165) is 52.2 Å². The second-order valence-corrected chi connectivity index (χ2v) is 24.4. The lowest BCUT2D eigenvalue weighted by atomic mass is 10.0. The summed E-state index contributed by atoms with van der Waals surface area (Å²) in [4.78, 5) is 88.8. The van der Waals surface area contributed by atoms with Crippen LogP contribution in [0.25, 0.3) is 0 Å². The number of carbonyl (C=O) groups is 6. The van der Waals surface area contributed by atoms with E-state index < -0.39 is 82.9 Å². The van der Waals surface area contributed by atoms with Gasteiger partial charge in [0.05, 0.1) is 64.5 Å². The average molecular weight is 1360 g/mol. The Balaban J connectivity index is 0.000000147. The fourth-order valence-corrected chi connectivity index (χ4v) is 12.5. The predicted molar refractivity (Wildman–Crippen MR) is 309 cm³/mol. The number of nitrogens with one attached hydrogen (secondary N) is 1. The first-order valence-corrected chi connectivity index (χ1v) is 29.8. The van der Waals surface area contributed by atoms with E-state index in [0.29, 0.717) is 36.0 Å². The Bertz CT molecular complexity index is 3610. The molecule has 24 nitrogen and oxygen atoms in total. The maximum Gasteiger partial charge on any atom is 0.359 e. The van der Waals surface area contributed by atoms with Crippen molar-refractivity contribution in [3.05, 3.63) is 136 Å². The van der Waals surface area contributed by atoms with E-state index in [4.69, 9.17) is 54.1 Å². The van der Waals surface area contributed by atoms with Crippen LogP contribution in [0.2, 0.25) is 13.0 Å². The first-order valence-electron chi connectivity index (χ1n) is 26.2. The molecule has 2 N–H and O–H groups in total. The summed E-state index contributed by atoms with van der Waals surface area (Å²) >= 11 is 20.7. The fraction of sp³-hybridized carbons (Fsp3) is 0.321. The van der Waals surface area contributed by atoms with Crippen LogP contribution in [0.1, 0.15) is 85.5 Å². The predicted octanol–water partition coefficient (Wildman–Crippen LogP) is 9.92. The summed E-state index contributed by atoms with van der Waals surface area (Å²) in [6.45, 7) is 1.55. The Labute approximate surface area is 526 Å². The number of rotatable bonds is 12. The van der Waals surface area contributed by atoms with Crippen LogP contribution in [0.3, 0.4) is 0 Å². The van der Waals surface area contributed by atoms with Gasteiger partial charge in [-0.15, -0.1) is 0 Å². The van der Waals surface area contributed by atoms with Gasteiger partial charge >= 0.3 is 30.0 Å². The second kappa shape index (κ2) is 27.2. The summed E-state index contributed by atoms with van der Waals surface area (Å²) in [6, 6.07) is 6.50. The van der Waals surface area contributed by atoms with E-state index >= 15 is 0 Å². The molecule has 6 aliphatic rings. The number of aromatic nitrogens is 3. The molecule has 0 aliphatic carbocycles. The number of aromatic carboxylic acids is 1. The number of benzene rings is 3. The maximum atomic E-state index is 13.6. The summed E-state index contributed by atoms with van der Waals surface area (Å²) in [7, 11) is 2.69. The van der Waals surface area contributed by atoms with Crippen molar-refractivity contribution in [1.82, 2.24) is 50.0 Å². The molecule has 6 aromatic rings. The lowest BCUT2D eigenvalue weighted by Crippen LogP contribution is -2.58. The van der Waals surface area contributed by atoms with E-state index in [9.17, 15) is 55.1 Å². The van der Waals surface area contributed by atoms with E-state index in [1.807, 2.05) is 0 Å². The summed E-state index contributed by atoms with van der Waals surface area (Å²) in [6.07, 6.45) is 4.63. The number of ether oxygens (including phenoxy) is 4. The molecule has 3 saturated heterocycles. The smallest absolute Gasteiger partial charge is 0.359 e. The molecule has 0 unspecified atom stereocenters. The summed E-state index contributed by atoms with van der Waals surface area (Å²) < 4.78 is 103. The normalized spacial score (nSPS) is 18.6. The van der Waals surface area contributed by atoms with Crippen molar-refractivity contribution in [2.24, 2.45) is 15.3 Å². The van der Waals surface area contributed by atoms with Crippen molar-refractivity contribution < 1.29 is 79.2 Å². The Hall–Kier alpha value is -8.37.